The first-order valence-corrected chi connectivity index (χ1v) is 5.34. The van der Waals surface area contributed by atoms with Gasteiger partial charge in [0.05, 0.1) is 0 Å². The van der Waals surface area contributed by atoms with Crippen LogP contribution in [0.15, 0.2) is 12.1 Å². The molecule has 0 fully saturated rings. The fourth-order valence-electron chi connectivity index (χ4n) is 1.85. The molecule has 3 rings (SSSR count). The number of H-pyrrole nitrogens is 2. The molecule has 2 heterocycles. The summed E-state index contributed by atoms with van der Waals surface area (Å²) in [6.07, 6.45) is 0. The standard InChI is InChI=1S/C10H10N8/c1-5-3-8(10-13-17-18-14-10)6(2)4-7(5)9-11-15-16-12-9/h3-4H,1-2H3,(H,11,12,15,16)(H,13,14,17,18). The van der Waals surface area contributed by atoms with Crippen molar-refractivity contribution < 1.29 is 0 Å². The van der Waals surface area contributed by atoms with Crippen LogP contribution in [0.5, 0.6) is 0 Å². The monoisotopic (exact) mass is 242 g/mol. The Bertz CT molecular complexity index is 596. The minimum atomic E-state index is 0.579. The Morgan fingerprint density at radius 3 is 1.56 bits per heavy atom. The van der Waals surface area contributed by atoms with Crippen molar-refractivity contribution in [2.24, 2.45) is 0 Å². The highest BCUT2D eigenvalue weighted by atomic mass is 15.5. The molecule has 2 aromatic heterocycles. The van der Waals surface area contributed by atoms with E-state index in [2.05, 4.69) is 41.2 Å². The molecule has 0 spiro atoms. The van der Waals surface area contributed by atoms with Gasteiger partial charge in [-0.15, -0.1) is 20.4 Å². The molecule has 0 saturated heterocycles. The second-order valence-corrected chi connectivity index (χ2v) is 3.95. The summed E-state index contributed by atoms with van der Waals surface area (Å²) in [5.41, 5.74) is 3.94. The SMILES string of the molecule is Cc1cc(-c2nn[nH]n2)c(C)cc1-c1nn[nH]n1. The molecule has 3 aromatic rings. The molecule has 18 heavy (non-hydrogen) atoms. The van der Waals surface area contributed by atoms with Crippen molar-refractivity contribution in [2.45, 2.75) is 13.8 Å². The van der Waals surface area contributed by atoms with Crippen molar-refractivity contribution in [3.63, 3.8) is 0 Å². The van der Waals surface area contributed by atoms with Gasteiger partial charge in [0.2, 0.25) is 11.6 Å². The van der Waals surface area contributed by atoms with E-state index in [4.69, 9.17) is 0 Å². The fourth-order valence-corrected chi connectivity index (χ4v) is 1.85. The van der Waals surface area contributed by atoms with Crippen molar-refractivity contribution in [1.82, 2.24) is 41.2 Å². The Hall–Kier alpha value is -2.64. The van der Waals surface area contributed by atoms with Crippen molar-refractivity contribution in [2.75, 3.05) is 0 Å². The van der Waals surface area contributed by atoms with Gasteiger partial charge in [0, 0.05) is 11.1 Å². The molecule has 0 aliphatic carbocycles. The molecule has 1 aromatic carbocycles. The number of benzene rings is 1. The van der Waals surface area contributed by atoms with Crippen LogP contribution in [0.25, 0.3) is 22.8 Å². The van der Waals surface area contributed by atoms with Gasteiger partial charge in [-0.2, -0.15) is 10.4 Å². The van der Waals surface area contributed by atoms with Crippen molar-refractivity contribution >= 4 is 0 Å². The molecular weight excluding hydrogens is 232 g/mol. The Kier molecular flexibility index (Phi) is 2.33. The van der Waals surface area contributed by atoms with Gasteiger partial charge in [0.1, 0.15) is 0 Å². The second-order valence-electron chi connectivity index (χ2n) is 3.95. The van der Waals surface area contributed by atoms with E-state index < -0.39 is 0 Å². The smallest absolute Gasteiger partial charge is 0.177 e. The Morgan fingerprint density at radius 1 is 0.778 bits per heavy atom. The highest BCUT2D eigenvalue weighted by molar-refractivity contribution is 5.69. The zero-order valence-corrected chi connectivity index (χ0v) is 9.84. The number of aromatic nitrogens is 8. The van der Waals surface area contributed by atoms with Gasteiger partial charge < -0.3 is 0 Å². The molecule has 8 nitrogen and oxygen atoms in total. The van der Waals surface area contributed by atoms with Gasteiger partial charge in [-0.1, -0.05) is 0 Å². The van der Waals surface area contributed by atoms with Gasteiger partial charge >= 0.3 is 0 Å². The van der Waals surface area contributed by atoms with Gasteiger partial charge in [-0.25, -0.2) is 0 Å². The number of hydrogen-bond acceptors (Lipinski definition) is 6. The van der Waals surface area contributed by atoms with E-state index >= 15 is 0 Å². The summed E-state index contributed by atoms with van der Waals surface area (Å²) in [6, 6.07) is 3.98. The van der Waals surface area contributed by atoms with Crippen LogP contribution in [0.3, 0.4) is 0 Å². The predicted molar refractivity (Wildman–Crippen MR) is 62.3 cm³/mol. The third kappa shape index (κ3) is 1.63. The summed E-state index contributed by atoms with van der Waals surface area (Å²) in [6.45, 7) is 3.96. The predicted octanol–water partition coefficient (Wildman–Crippen LogP) is 0.664. The summed E-state index contributed by atoms with van der Waals surface area (Å²) in [7, 11) is 0. The third-order valence-corrected chi connectivity index (χ3v) is 2.74. The van der Waals surface area contributed by atoms with E-state index in [0.717, 1.165) is 22.3 Å². The minimum Gasteiger partial charge on any atom is -0.177 e. The van der Waals surface area contributed by atoms with Crippen molar-refractivity contribution in [1.29, 1.82) is 0 Å². The number of nitrogens with one attached hydrogen (secondary N) is 2. The molecule has 0 aliphatic rings. The van der Waals surface area contributed by atoms with Crippen molar-refractivity contribution in [3.05, 3.63) is 23.3 Å². The van der Waals surface area contributed by atoms with Crippen LogP contribution in [0, 0.1) is 13.8 Å². The van der Waals surface area contributed by atoms with Crippen LogP contribution in [0.4, 0.5) is 0 Å². The molecule has 0 aliphatic heterocycles. The van der Waals surface area contributed by atoms with Crippen LogP contribution >= 0.6 is 0 Å². The Morgan fingerprint density at radius 2 is 1.22 bits per heavy atom. The maximum atomic E-state index is 3.98. The highest BCUT2D eigenvalue weighted by Crippen LogP contribution is 2.27. The van der Waals surface area contributed by atoms with E-state index in [9.17, 15) is 0 Å². The molecule has 0 radical (unpaired) electrons. The first kappa shape index (κ1) is 10.5. The number of aryl methyl sites for hydroxylation is 2. The summed E-state index contributed by atoms with van der Waals surface area (Å²) in [5.74, 6) is 1.16. The molecule has 0 unspecified atom stereocenters. The number of nitrogens with zero attached hydrogens (tertiary/aromatic N) is 6. The summed E-state index contributed by atoms with van der Waals surface area (Å²) < 4.78 is 0. The Balaban J connectivity index is 2.15. The molecule has 2 N–H and O–H groups in total. The quantitative estimate of drug-likeness (QED) is 0.683. The minimum absolute atomic E-state index is 0.579. The summed E-state index contributed by atoms with van der Waals surface area (Å²) in [5, 5.41) is 28.0. The lowest BCUT2D eigenvalue weighted by molar-refractivity contribution is 0.881. The second kappa shape index (κ2) is 3.99. The first-order valence-electron chi connectivity index (χ1n) is 5.34. The molecule has 0 atom stereocenters. The van der Waals surface area contributed by atoms with Gasteiger partial charge in [0.25, 0.3) is 0 Å². The van der Waals surface area contributed by atoms with E-state index in [-0.39, 0.29) is 0 Å². The lowest BCUT2D eigenvalue weighted by Gasteiger charge is -2.07. The van der Waals surface area contributed by atoms with E-state index in [1.807, 2.05) is 26.0 Å². The maximum Gasteiger partial charge on any atom is 0.204 e. The Labute approximate surface area is 102 Å². The lowest BCUT2D eigenvalue weighted by atomic mass is 9.99. The summed E-state index contributed by atoms with van der Waals surface area (Å²) >= 11 is 0. The molecule has 0 amide bonds. The number of aromatic amines is 2. The average molecular weight is 242 g/mol. The topological polar surface area (TPSA) is 109 Å². The van der Waals surface area contributed by atoms with Gasteiger partial charge in [-0.05, 0) is 47.5 Å². The van der Waals surface area contributed by atoms with E-state index in [1.54, 1.807) is 0 Å². The summed E-state index contributed by atoms with van der Waals surface area (Å²) in [4.78, 5) is 0. The van der Waals surface area contributed by atoms with Crippen LogP contribution in [0.1, 0.15) is 11.1 Å². The third-order valence-electron chi connectivity index (χ3n) is 2.74. The highest BCUT2D eigenvalue weighted by Gasteiger charge is 2.13. The fraction of sp³-hybridized carbons (Fsp3) is 0.200. The average Bonchev–Trinajstić information content (AvgIpc) is 3.02. The molecule has 8 heteroatoms. The zero-order chi connectivity index (χ0) is 12.5. The van der Waals surface area contributed by atoms with E-state index in [1.165, 1.54) is 0 Å². The van der Waals surface area contributed by atoms with Crippen LogP contribution in [0.2, 0.25) is 0 Å². The molecular formula is C10H10N8. The molecule has 0 saturated carbocycles. The zero-order valence-electron chi connectivity index (χ0n) is 9.84. The van der Waals surface area contributed by atoms with Gasteiger partial charge in [0.15, 0.2) is 0 Å². The van der Waals surface area contributed by atoms with E-state index in [0.29, 0.717) is 11.6 Å². The lowest BCUT2D eigenvalue weighted by Crippen LogP contribution is -1.92. The van der Waals surface area contributed by atoms with Crippen LogP contribution in [-0.2, 0) is 0 Å². The largest absolute Gasteiger partial charge is 0.204 e. The molecule has 0 bridgehead atoms. The maximum absolute atomic E-state index is 3.98. The normalized spacial score (nSPS) is 10.8. The number of hydrogen-bond donors (Lipinski definition) is 2. The first-order chi connectivity index (χ1) is 8.75. The molecule has 90 valence electrons. The number of tetrazole rings is 2. The number of rotatable bonds is 2. The van der Waals surface area contributed by atoms with Crippen molar-refractivity contribution in [3.8, 4) is 22.8 Å². The van der Waals surface area contributed by atoms with Crippen LogP contribution in [-0.4, -0.2) is 41.2 Å². The van der Waals surface area contributed by atoms with Crippen LogP contribution < -0.4 is 0 Å². The van der Waals surface area contributed by atoms with Gasteiger partial charge in [-0.3, -0.25) is 0 Å².